The van der Waals surface area contributed by atoms with Crippen molar-refractivity contribution < 1.29 is 9.90 Å². The molecule has 100 valence electrons. The number of aromatic nitrogens is 2. The summed E-state index contributed by atoms with van der Waals surface area (Å²) in [5.74, 6) is -0.0333. The molecule has 0 aliphatic carbocycles. The predicted molar refractivity (Wildman–Crippen MR) is 77.9 cm³/mol. The van der Waals surface area contributed by atoms with E-state index in [1.54, 1.807) is 18.3 Å². The summed E-state index contributed by atoms with van der Waals surface area (Å²) in [6.45, 7) is 2.34. The van der Waals surface area contributed by atoms with Crippen molar-refractivity contribution in [3.05, 3.63) is 38.4 Å². The van der Waals surface area contributed by atoms with Crippen LogP contribution in [0, 0.1) is 6.92 Å². The van der Waals surface area contributed by atoms with E-state index >= 15 is 0 Å². The molecule has 0 aliphatic heterocycles. The molecule has 0 amide bonds. The predicted octanol–water partition coefficient (Wildman–Crippen LogP) is 2.94. The van der Waals surface area contributed by atoms with E-state index in [4.69, 9.17) is 5.11 Å². The van der Waals surface area contributed by atoms with E-state index < -0.39 is 5.97 Å². The zero-order valence-electron chi connectivity index (χ0n) is 10.4. The largest absolute Gasteiger partial charge is 0.477 e. The van der Waals surface area contributed by atoms with Crippen LogP contribution in [0.25, 0.3) is 0 Å². The minimum Gasteiger partial charge on any atom is -0.477 e. The number of aryl methyl sites for hydroxylation is 1. The summed E-state index contributed by atoms with van der Waals surface area (Å²) in [6, 6.07) is 2.01. The van der Waals surface area contributed by atoms with Gasteiger partial charge in [-0.2, -0.15) is 0 Å². The molecule has 19 heavy (non-hydrogen) atoms. The Labute approximate surface area is 123 Å². The number of halogens is 1. The molecule has 1 N–H and O–H groups in total. The zero-order valence-corrected chi connectivity index (χ0v) is 12.8. The van der Waals surface area contributed by atoms with Crippen LogP contribution in [-0.4, -0.2) is 28.1 Å². The van der Waals surface area contributed by atoms with E-state index in [0.717, 1.165) is 9.35 Å². The Morgan fingerprint density at radius 1 is 1.58 bits per heavy atom. The highest BCUT2D eigenvalue weighted by Gasteiger charge is 2.16. The van der Waals surface area contributed by atoms with Gasteiger partial charge < -0.3 is 10.0 Å². The van der Waals surface area contributed by atoms with E-state index in [2.05, 4.69) is 25.9 Å². The number of thiophene rings is 1. The highest BCUT2D eigenvalue weighted by atomic mass is 79.9. The maximum Gasteiger partial charge on any atom is 0.341 e. The molecule has 0 radical (unpaired) electrons. The normalized spacial score (nSPS) is 10.5. The Kier molecular flexibility index (Phi) is 4.16. The first kappa shape index (κ1) is 14.0. The molecule has 0 fully saturated rings. The topological polar surface area (TPSA) is 66.3 Å². The highest BCUT2D eigenvalue weighted by molar-refractivity contribution is 9.11. The number of carbonyl (C=O) groups is 1. The molecular formula is C12H12BrN3O2S. The second-order valence-corrected chi connectivity index (χ2v) is 6.37. The van der Waals surface area contributed by atoms with Crippen molar-refractivity contribution in [2.24, 2.45) is 0 Å². The first-order valence-corrected chi connectivity index (χ1v) is 7.15. The lowest BCUT2D eigenvalue weighted by Gasteiger charge is -2.19. The Morgan fingerprint density at radius 2 is 2.32 bits per heavy atom. The van der Waals surface area contributed by atoms with Crippen LogP contribution in [-0.2, 0) is 6.54 Å². The molecule has 7 heteroatoms. The minimum absolute atomic E-state index is 0.113. The molecule has 0 bridgehead atoms. The third-order valence-electron chi connectivity index (χ3n) is 2.52. The van der Waals surface area contributed by atoms with Crippen molar-refractivity contribution >= 4 is 39.1 Å². The number of nitrogens with zero attached hydrogens (tertiary/aromatic N) is 3. The fourth-order valence-corrected chi connectivity index (χ4v) is 2.88. The van der Waals surface area contributed by atoms with Crippen molar-refractivity contribution in [3.8, 4) is 0 Å². The monoisotopic (exact) mass is 341 g/mol. The molecule has 5 nitrogen and oxygen atoms in total. The van der Waals surface area contributed by atoms with Crippen LogP contribution in [0.5, 0.6) is 0 Å². The van der Waals surface area contributed by atoms with Crippen molar-refractivity contribution in [2.45, 2.75) is 13.5 Å². The first-order chi connectivity index (χ1) is 8.97. The van der Waals surface area contributed by atoms with Gasteiger partial charge in [0.15, 0.2) is 0 Å². The molecule has 2 aromatic rings. The average molecular weight is 342 g/mol. The molecule has 2 aromatic heterocycles. The number of hydrogen-bond acceptors (Lipinski definition) is 5. The van der Waals surface area contributed by atoms with Crippen LogP contribution in [0.3, 0.4) is 0 Å². The molecule has 0 saturated carbocycles. The summed E-state index contributed by atoms with van der Waals surface area (Å²) >= 11 is 5.00. The van der Waals surface area contributed by atoms with Crippen molar-refractivity contribution in [1.29, 1.82) is 0 Å². The number of rotatable bonds is 4. The molecular weight excluding hydrogens is 330 g/mol. The molecule has 2 rings (SSSR count). The summed E-state index contributed by atoms with van der Waals surface area (Å²) in [4.78, 5) is 21.1. The second kappa shape index (κ2) is 5.66. The van der Waals surface area contributed by atoms with Crippen LogP contribution >= 0.6 is 27.3 Å². The molecule has 0 unspecified atom stereocenters. The van der Waals surface area contributed by atoms with Crippen LogP contribution in [0.1, 0.15) is 21.7 Å². The van der Waals surface area contributed by atoms with Crippen LogP contribution in [0.15, 0.2) is 21.4 Å². The number of carboxylic acid groups (broad SMARTS) is 1. The van der Waals surface area contributed by atoms with E-state index in [9.17, 15) is 4.79 Å². The number of carboxylic acids is 1. The van der Waals surface area contributed by atoms with Gasteiger partial charge in [0.2, 0.25) is 0 Å². The van der Waals surface area contributed by atoms with E-state index in [1.165, 1.54) is 6.20 Å². The molecule has 0 atom stereocenters. The molecule has 0 saturated heterocycles. The lowest BCUT2D eigenvalue weighted by atomic mass is 10.2. The lowest BCUT2D eigenvalue weighted by Crippen LogP contribution is -2.21. The van der Waals surface area contributed by atoms with Gasteiger partial charge in [-0.15, -0.1) is 11.3 Å². The van der Waals surface area contributed by atoms with E-state index in [1.807, 2.05) is 23.4 Å². The van der Waals surface area contributed by atoms with Gasteiger partial charge >= 0.3 is 5.97 Å². The van der Waals surface area contributed by atoms with Gasteiger partial charge in [0.05, 0.1) is 3.79 Å². The van der Waals surface area contributed by atoms with Crippen LogP contribution < -0.4 is 4.90 Å². The van der Waals surface area contributed by atoms with Gasteiger partial charge in [-0.1, -0.05) is 0 Å². The minimum atomic E-state index is -1.02. The Hall–Kier alpha value is -1.47. The van der Waals surface area contributed by atoms with E-state index in [0.29, 0.717) is 18.2 Å². The van der Waals surface area contributed by atoms with Gasteiger partial charge in [-0.25, -0.2) is 14.8 Å². The van der Waals surface area contributed by atoms with Gasteiger partial charge in [0, 0.05) is 19.8 Å². The summed E-state index contributed by atoms with van der Waals surface area (Å²) in [7, 11) is 1.82. The van der Waals surface area contributed by atoms with E-state index in [-0.39, 0.29) is 5.56 Å². The fourth-order valence-electron chi connectivity index (χ4n) is 1.68. The van der Waals surface area contributed by atoms with Crippen molar-refractivity contribution in [2.75, 3.05) is 11.9 Å². The average Bonchev–Trinajstić information content (AvgIpc) is 2.74. The summed E-state index contributed by atoms with van der Waals surface area (Å²) in [6.07, 6.45) is 1.35. The standard InChI is InChI=1S/C12H12BrN3O2S/c1-7-14-4-9(12(17)18)11(15-7)16(2)5-8-3-10(13)19-6-8/h3-4,6H,5H2,1-2H3,(H,17,18). The second-order valence-electron chi connectivity index (χ2n) is 4.07. The van der Waals surface area contributed by atoms with Crippen LogP contribution in [0.2, 0.25) is 0 Å². The lowest BCUT2D eigenvalue weighted by molar-refractivity contribution is 0.0696. The number of anilines is 1. The maximum atomic E-state index is 11.2. The maximum absolute atomic E-state index is 11.2. The van der Waals surface area contributed by atoms with Gasteiger partial charge in [0.1, 0.15) is 17.2 Å². The number of aromatic carboxylic acids is 1. The summed E-state index contributed by atoms with van der Waals surface area (Å²) < 4.78 is 1.05. The van der Waals surface area contributed by atoms with Gasteiger partial charge in [-0.05, 0) is 39.9 Å². The molecule has 0 spiro atoms. The molecule has 2 heterocycles. The SMILES string of the molecule is Cc1ncc(C(=O)O)c(N(C)Cc2csc(Br)c2)n1. The van der Waals surface area contributed by atoms with Crippen LogP contribution in [0.4, 0.5) is 5.82 Å². The molecule has 0 aliphatic rings. The Balaban J connectivity index is 2.29. The smallest absolute Gasteiger partial charge is 0.341 e. The summed E-state index contributed by atoms with van der Waals surface area (Å²) in [5, 5.41) is 11.2. The summed E-state index contributed by atoms with van der Waals surface area (Å²) in [5.41, 5.74) is 1.22. The third-order valence-corrected chi connectivity index (χ3v) is 4.08. The van der Waals surface area contributed by atoms with Gasteiger partial charge in [0.25, 0.3) is 0 Å². The highest BCUT2D eigenvalue weighted by Crippen LogP contribution is 2.24. The van der Waals surface area contributed by atoms with Crippen molar-refractivity contribution in [1.82, 2.24) is 9.97 Å². The number of hydrogen-bond donors (Lipinski definition) is 1. The zero-order chi connectivity index (χ0) is 14.0. The fraction of sp³-hybridized carbons (Fsp3) is 0.250. The Morgan fingerprint density at radius 3 is 2.89 bits per heavy atom. The Bertz CT molecular complexity index is 615. The first-order valence-electron chi connectivity index (χ1n) is 5.48. The van der Waals surface area contributed by atoms with Gasteiger partial charge in [-0.3, -0.25) is 0 Å². The van der Waals surface area contributed by atoms with Crippen molar-refractivity contribution in [3.63, 3.8) is 0 Å². The molecule has 0 aromatic carbocycles. The quantitative estimate of drug-likeness (QED) is 0.925. The third kappa shape index (κ3) is 3.30.